The van der Waals surface area contributed by atoms with Crippen LogP contribution in [0, 0.1) is 5.92 Å². The van der Waals surface area contributed by atoms with Crippen molar-refractivity contribution in [1.82, 2.24) is 10.1 Å². The second-order valence-electron chi connectivity index (χ2n) is 5.28. The Hall–Kier alpha value is -1.89. The van der Waals surface area contributed by atoms with Gasteiger partial charge < -0.3 is 19.9 Å². The van der Waals surface area contributed by atoms with E-state index in [0.29, 0.717) is 37.4 Å². The van der Waals surface area contributed by atoms with Gasteiger partial charge in [-0.25, -0.2) is 0 Å². The van der Waals surface area contributed by atoms with Crippen LogP contribution < -0.4 is 5.73 Å². The molecular formula is C14H21N3O4. The number of aryl methyl sites for hydroxylation is 1. The Labute approximate surface area is 123 Å². The zero-order chi connectivity index (χ0) is 15.4. The number of carbonyl (C=O) groups excluding carboxylic acids is 2. The Balaban J connectivity index is 2.06. The molecule has 2 heterocycles. The number of methoxy groups -OCH3 is 1. The number of amides is 2. The Morgan fingerprint density at radius 1 is 1.57 bits per heavy atom. The first kappa shape index (κ1) is 15.5. The molecule has 0 spiro atoms. The monoisotopic (exact) mass is 295 g/mol. The molecule has 0 saturated carbocycles. The van der Waals surface area contributed by atoms with Crippen molar-refractivity contribution in [3.63, 3.8) is 0 Å². The number of likely N-dealkylation sites (tertiary alicyclic amines) is 1. The minimum Gasteiger partial charge on any atom is -0.381 e. The van der Waals surface area contributed by atoms with Crippen LogP contribution in [-0.4, -0.2) is 48.2 Å². The van der Waals surface area contributed by atoms with Gasteiger partial charge in [0.2, 0.25) is 5.91 Å². The molecule has 0 unspecified atom stereocenters. The predicted molar refractivity (Wildman–Crippen MR) is 74.5 cm³/mol. The molecule has 2 amide bonds. The van der Waals surface area contributed by atoms with Crippen molar-refractivity contribution in [3.8, 4) is 0 Å². The molecule has 2 N–H and O–H groups in total. The molecule has 1 saturated heterocycles. The van der Waals surface area contributed by atoms with Gasteiger partial charge in [0.05, 0.1) is 6.10 Å². The number of rotatable bonds is 5. The van der Waals surface area contributed by atoms with E-state index in [2.05, 4.69) is 5.16 Å². The van der Waals surface area contributed by atoms with E-state index in [1.54, 1.807) is 18.1 Å². The molecule has 1 aliphatic rings. The first-order valence-corrected chi connectivity index (χ1v) is 7.11. The lowest BCUT2D eigenvalue weighted by Gasteiger charge is -2.37. The molecule has 0 aliphatic carbocycles. The highest BCUT2D eigenvalue weighted by Gasteiger charge is 2.33. The van der Waals surface area contributed by atoms with Crippen LogP contribution in [0.15, 0.2) is 10.6 Å². The number of nitrogens with two attached hydrogens (primary N) is 1. The van der Waals surface area contributed by atoms with Crippen LogP contribution >= 0.6 is 0 Å². The summed E-state index contributed by atoms with van der Waals surface area (Å²) in [4.78, 5) is 25.2. The summed E-state index contributed by atoms with van der Waals surface area (Å²) in [5.41, 5.74) is 5.58. The highest BCUT2D eigenvalue weighted by molar-refractivity contribution is 5.92. The summed E-state index contributed by atoms with van der Waals surface area (Å²) in [6.07, 6.45) is 1.53. The van der Waals surface area contributed by atoms with E-state index in [1.165, 1.54) is 0 Å². The number of hydrogen-bond acceptors (Lipinski definition) is 5. The van der Waals surface area contributed by atoms with Gasteiger partial charge in [0.25, 0.3) is 5.91 Å². The third-order valence-electron chi connectivity index (χ3n) is 3.84. The summed E-state index contributed by atoms with van der Waals surface area (Å²) >= 11 is 0. The molecule has 7 nitrogen and oxygen atoms in total. The highest BCUT2D eigenvalue weighted by Crippen LogP contribution is 2.24. The molecular weight excluding hydrogens is 274 g/mol. The van der Waals surface area contributed by atoms with Gasteiger partial charge in [-0.15, -0.1) is 0 Å². The summed E-state index contributed by atoms with van der Waals surface area (Å²) in [6.45, 7) is 2.94. The van der Waals surface area contributed by atoms with Gasteiger partial charge in [-0.3, -0.25) is 9.59 Å². The van der Waals surface area contributed by atoms with E-state index < -0.39 is 0 Å². The number of hydrogen-bond donors (Lipinski definition) is 1. The largest absolute Gasteiger partial charge is 0.381 e. The van der Waals surface area contributed by atoms with Crippen molar-refractivity contribution < 1.29 is 18.8 Å². The Bertz CT molecular complexity index is 514. The second-order valence-corrected chi connectivity index (χ2v) is 5.28. The van der Waals surface area contributed by atoms with Crippen molar-refractivity contribution >= 4 is 11.8 Å². The van der Waals surface area contributed by atoms with Gasteiger partial charge in [-0.05, 0) is 6.42 Å². The van der Waals surface area contributed by atoms with Crippen LogP contribution in [0.1, 0.15) is 36.0 Å². The quantitative estimate of drug-likeness (QED) is 0.857. The van der Waals surface area contributed by atoms with E-state index in [9.17, 15) is 9.59 Å². The van der Waals surface area contributed by atoms with Crippen molar-refractivity contribution in [2.24, 2.45) is 11.7 Å². The maximum absolute atomic E-state index is 12.4. The summed E-state index contributed by atoms with van der Waals surface area (Å²) < 4.78 is 10.4. The van der Waals surface area contributed by atoms with Gasteiger partial charge >= 0.3 is 0 Å². The maximum atomic E-state index is 12.4. The molecule has 1 aliphatic heterocycles. The summed E-state index contributed by atoms with van der Waals surface area (Å²) in [5.74, 6) is 0.0371. The number of primary amides is 1. The third-order valence-corrected chi connectivity index (χ3v) is 3.84. The van der Waals surface area contributed by atoms with Crippen LogP contribution in [0.2, 0.25) is 0 Å². The maximum Gasteiger partial charge on any atom is 0.276 e. The molecule has 0 radical (unpaired) electrons. The Morgan fingerprint density at radius 2 is 2.33 bits per heavy atom. The Kier molecular flexibility index (Phi) is 4.95. The van der Waals surface area contributed by atoms with Crippen LogP contribution in [0.25, 0.3) is 0 Å². The average molecular weight is 295 g/mol. The van der Waals surface area contributed by atoms with Gasteiger partial charge in [0.1, 0.15) is 5.76 Å². The minimum absolute atomic E-state index is 0.0509. The summed E-state index contributed by atoms with van der Waals surface area (Å²) in [5, 5.41) is 3.80. The molecule has 0 aromatic carbocycles. The lowest BCUT2D eigenvalue weighted by Crippen LogP contribution is -2.47. The standard InChI is InChI=1S/C14H21N3O4/c1-3-10-7-11(16-21-10)14(19)17-5-4-12(20-2)9(8-17)6-13(15)18/h7,9,12H,3-6,8H2,1-2H3,(H2,15,18)/t9-,12-/m1/s1. The van der Waals surface area contributed by atoms with Crippen molar-refractivity contribution in [1.29, 1.82) is 0 Å². The topological polar surface area (TPSA) is 98.7 Å². The molecule has 2 atom stereocenters. The number of aromatic nitrogens is 1. The SMILES string of the molecule is CCc1cc(C(=O)N2CC[C@@H](OC)[C@H](CC(N)=O)C2)no1. The highest BCUT2D eigenvalue weighted by atomic mass is 16.5. The normalized spacial score (nSPS) is 22.3. The molecule has 7 heteroatoms. The van der Waals surface area contributed by atoms with E-state index in [4.69, 9.17) is 15.0 Å². The first-order valence-electron chi connectivity index (χ1n) is 7.11. The van der Waals surface area contributed by atoms with E-state index in [0.717, 1.165) is 0 Å². The van der Waals surface area contributed by atoms with E-state index >= 15 is 0 Å². The predicted octanol–water partition coefficient (Wildman–Crippen LogP) is 0.589. The Morgan fingerprint density at radius 3 is 2.90 bits per heavy atom. The van der Waals surface area contributed by atoms with E-state index in [1.807, 2.05) is 6.92 Å². The number of ether oxygens (including phenoxy) is 1. The molecule has 2 rings (SSSR count). The van der Waals surface area contributed by atoms with Gasteiger partial charge in [0, 0.05) is 45.0 Å². The molecule has 1 aromatic rings. The number of carbonyl (C=O) groups is 2. The second kappa shape index (κ2) is 6.71. The smallest absolute Gasteiger partial charge is 0.276 e. The van der Waals surface area contributed by atoms with Gasteiger partial charge in [-0.2, -0.15) is 0 Å². The fourth-order valence-electron chi connectivity index (χ4n) is 2.70. The van der Waals surface area contributed by atoms with E-state index in [-0.39, 0.29) is 30.3 Å². The van der Waals surface area contributed by atoms with Crippen LogP contribution in [-0.2, 0) is 16.0 Å². The molecule has 1 fully saturated rings. The van der Waals surface area contributed by atoms with Crippen LogP contribution in [0.4, 0.5) is 0 Å². The molecule has 0 bridgehead atoms. The van der Waals surface area contributed by atoms with Gasteiger partial charge in [0.15, 0.2) is 5.69 Å². The molecule has 1 aromatic heterocycles. The lowest BCUT2D eigenvalue weighted by atomic mass is 9.91. The summed E-state index contributed by atoms with van der Waals surface area (Å²) in [7, 11) is 1.61. The summed E-state index contributed by atoms with van der Waals surface area (Å²) in [6, 6.07) is 1.66. The van der Waals surface area contributed by atoms with Crippen LogP contribution in [0.5, 0.6) is 0 Å². The van der Waals surface area contributed by atoms with Crippen molar-refractivity contribution in [3.05, 3.63) is 17.5 Å². The third kappa shape index (κ3) is 3.60. The minimum atomic E-state index is -0.383. The number of nitrogens with zero attached hydrogens (tertiary/aromatic N) is 2. The molecule has 116 valence electrons. The number of piperidine rings is 1. The van der Waals surface area contributed by atoms with Crippen molar-refractivity contribution in [2.45, 2.75) is 32.3 Å². The first-order chi connectivity index (χ1) is 10.0. The van der Waals surface area contributed by atoms with Crippen LogP contribution in [0.3, 0.4) is 0 Å². The zero-order valence-electron chi connectivity index (χ0n) is 12.4. The fourth-order valence-corrected chi connectivity index (χ4v) is 2.70. The van der Waals surface area contributed by atoms with Gasteiger partial charge in [-0.1, -0.05) is 12.1 Å². The average Bonchev–Trinajstić information content (AvgIpc) is 2.94. The fraction of sp³-hybridized carbons (Fsp3) is 0.643. The molecule has 21 heavy (non-hydrogen) atoms. The zero-order valence-corrected chi connectivity index (χ0v) is 12.4. The van der Waals surface area contributed by atoms with Crippen molar-refractivity contribution in [2.75, 3.05) is 20.2 Å². The lowest BCUT2D eigenvalue weighted by molar-refractivity contribution is -0.121.